The zero-order valence-corrected chi connectivity index (χ0v) is 28.0. The van der Waals surface area contributed by atoms with Crippen LogP contribution >= 0.6 is 23.6 Å². The van der Waals surface area contributed by atoms with Gasteiger partial charge < -0.3 is 25.5 Å². The van der Waals surface area contributed by atoms with Crippen LogP contribution in [0.2, 0.25) is 0 Å². The second kappa shape index (κ2) is 17.9. The summed E-state index contributed by atoms with van der Waals surface area (Å²) in [5, 5.41) is 26.2. The van der Waals surface area contributed by atoms with Crippen LogP contribution in [0.4, 0.5) is 13.2 Å². The molecule has 1 N–H and O–H groups in total. The Morgan fingerprint density at radius 3 is 2.25 bits per heavy atom. The molecular weight excluding hydrogens is 753 g/mol. The summed E-state index contributed by atoms with van der Waals surface area (Å²) in [4.78, 5) is 29.0. The molecule has 48 heavy (non-hydrogen) atoms. The number of thiophene rings is 1. The minimum Gasteiger partial charge on any atom is -0.753 e. The molecule has 0 amide bonds. The number of nitrogens with zero attached hydrogens (tertiary/aromatic N) is 7. The number of isothiocyanates is 1. The molecule has 0 unspecified atom stereocenters. The molecular formula is C32H22F3N7O3RuS2. The largest absolute Gasteiger partial charge is 2.00 e. The first-order chi connectivity index (χ1) is 22.6. The molecule has 0 fully saturated rings. The van der Waals surface area contributed by atoms with Gasteiger partial charge in [0.1, 0.15) is 5.69 Å². The van der Waals surface area contributed by atoms with Crippen molar-refractivity contribution in [3.8, 4) is 44.6 Å². The van der Waals surface area contributed by atoms with Crippen molar-refractivity contribution in [2.45, 2.75) is 12.8 Å². The number of rotatable bonds is 7. The van der Waals surface area contributed by atoms with Crippen LogP contribution in [0.25, 0.3) is 50.0 Å². The summed E-state index contributed by atoms with van der Waals surface area (Å²) < 4.78 is 43.0. The van der Waals surface area contributed by atoms with Gasteiger partial charge in [-0.25, -0.2) is 9.78 Å². The molecule has 0 aromatic carbocycles. The van der Waals surface area contributed by atoms with Crippen molar-refractivity contribution >= 4 is 34.7 Å². The van der Waals surface area contributed by atoms with Crippen molar-refractivity contribution in [1.82, 2.24) is 30.1 Å². The monoisotopic (exact) mass is 775 g/mol. The normalized spacial score (nSPS) is 10.3. The summed E-state index contributed by atoms with van der Waals surface area (Å²) in [6.45, 7) is 0.463. The Bertz CT molecular complexity index is 1980. The SMILES string of the molecule is COCc1ccsc1-c1ccnc(-c2cc(C(F)(F)F)n[n-]2)c1.O=C(O)c1ccnc(-c2cccc(-c3ccccn3)n2)c1.[N-]=C=S.[Ru+2]. The van der Waals surface area contributed by atoms with Gasteiger partial charge in [-0.1, -0.05) is 30.0 Å². The summed E-state index contributed by atoms with van der Waals surface area (Å²) in [6, 6.07) is 20.4. The zero-order chi connectivity index (χ0) is 33.8. The van der Waals surface area contributed by atoms with E-state index in [1.807, 2.05) is 41.8 Å². The number of halogens is 3. The molecule has 0 aliphatic heterocycles. The predicted molar refractivity (Wildman–Crippen MR) is 173 cm³/mol. The van der Waals surface area contributed by atoms with Crippen molar-refractivity contribution in [1.29, 1.82) is 0 Å². The fourth-order valence-electron chi connectivity index (χ4n) is 4.07. The minimum atomic E-state index is -4.51. The molecule has 0 saturated carbocycles. The Kier molecular flexibility index (Phi) is 14.0. The van der Waals surface area contributed by atoms with E-state index in [-0.39, 0.29) is 30.7 Å². The average molecular weight is 775 g/mol. The van der Waals surface area contributed by atoms with Gasteiger partial charge in [-0.05, 0) is 77.2 Å². The number of carbonyl (C=O) groups is 1. The molecule has 0 radical (unpaired) electrons. The Morgan fingerprint density at radius 2 is 1.60 bits per heavy atom. The van der Waals surface area contributed by atoms with Gasteiger partial charge in [0.15, 0.2) is 0 Å². The molecule has 244 valence electrons. The van der Waals surface area contributed by atoms with E-state index >= 15 is 0 Å². The standard InChI is InChI=1S/C16H11N3O2.C15H11F3N3OS.CNS.Ru/c20-16(21)11-7-9-18-15(10-11)14-6-3-5-13(19-14)12-4-1-2-8-17-12;1-22-8-10-3-5-23-14(10)9-2-4-19-11(6-9)12-7-13(21-20-12)15(16,17)18;2-1-3;/h1-10H,(H,20,21);2-7H,8H2,1H3;;/q;2*-1;+2. The van der Waals surface area contributed by atoms with E-state index in [2.05, 4.69) is 42.4 Å². The number of carboxylic acids is 1. The van der Waals surface area contributed by atoms with Crippen LogP contribution in [-0.2, 0) is 37.0 Å². The molecule has 0 bridgehead atoms. The number of ether oxygens (including phenoxy) is 1. The number of pyridine rings is 4. The number of thiocarbonyl (C=S) groups is 1. The predicted octanol–water partition coefficient (Wildman–Crippen LogP) is 7.55. The summed E-state index contributed by atoms with van der Waals surface area (Å²) in [7, 11) is 1.61. The van der Waals surface area contributed by atoms with Crippen LogP contribution in [0, 0.1) is 0 Å². The Balaban J connectivity index is 0.000000237. The molecule has 0 aliphatic rings. The van der Waals surface area contributed by atoms with Crippen molar-refractivity contribution < 1.29 is 47.3 Å². The molecule has 16 heteroatoms. The third-order valence-electron chi connectivity index (χ3n) is 6.11. The van der Waals surface area contributed by atoms with E-state index in [0.29, 0.717) is 23.7 Å². The number of methoxy groups -OCH3 is 1. The van der Waals surface area contributed by atoms with Crippen LogP contribution in [0.1, 0.15) is 21.6 Å². The van der Waals surface area contributed by atoms with E-state index in [0.717, 1.165) is 33.5 Å². The zero-order valence-electron chi connectivity index (χ0n) is 24.6. The average Bonchev–Trinajstić information content (AvgIpc) is 3.77. The van der Waals surface area contributed by atoms with E-state index < -0.39 is 17.8 Å². The van der Waals surface area contributed by atoms with E-state index in [4.69, 9.17) is 15.3 Å². The Morgan fingerprint density at radius 1 is 0.938 bits per heavy atom. The van der Waals surface area contributed by atoms with Gasteiger partial charge in [-0.2, -0.15) is 18.3 Å². The molecule has 10 nitrogen and oxygen atoms in total. The first-order valence-corrected chi connectivity index (χ1v) is 14.6. The van der Waals surface area contributed by atoms with Gasteiger partial charge in [0.2, 0.25) is 0 Å². The number of hydrogen-bond acceptors (Lipinski definition) is 9. The second-order valence-corrected chi connectivity index (χ2v) is 10.3. The van der Waals surface area contributed by atoms with Gasteiger partial charge in [0.05, 0.1) is 40.6 Å². The number of aromatic carboxylic acids is 1. The maximum atomic E-state index is 12.6. The third-order valence-corrected chi connectivity index (χ3v) is 7.11. The van der Waals surface area contributed by atoms with Crippen molar-refractivity contribution in [2.75, 3.05) is 7.11 Å². The summed E-state index contributed by atoms with van der Waals surface area (Å²) in [6.07, 6.45) is 0.200. The maximum Gasteiger partial charge on any atom is 2.00 e. The van der Waals surface area contributed by atoms with Gasteiger partial charge in [-0.3, -0.25) is 15.0 Å². The van der Waals surface area contributed by atoms with Gasteiger partial charge in [0, 0.05) is 30.6 Å². The van der Waals surface area contributed by atoms with Gasteiger partial charge in [0.25, 0.3) is 0 Å². The van der Waals surface area contributed by atoms with E-state index in [1.165, 1.54) is 34.8 Å². The van der Waals surface area contributed by atoms with Gasteiger partial charge >= 0.3 is 31.6 Å². The maximum absolute atomic E-state index is 12.6. The summed E-state index contributed by atoms with van der Waals surface area (Å²) in [5.41, 5.74) is 4.10. The van der Waals surface area contributed by atoms with Crippen LogP contribution < -0.4 is 5.10 Å². The van der Waals surface area contributed by atoms with Crippen LogP contribution in [0.15, 0.2) is 96.8 Å². The van der Waals surface area contributed by atoms with Crippen LogP contribution in [0.5, 0.6) is 0 Å². The fraction of sp³-hybridized carbons (Fsp3) is 0.0938. The Hall–Kier alpha value is -4.85. The molecule has 6 heterocycles. The third kappa shape index (κ3) is 10.1. The van der Waals surface area contributed by atoms with Crippen LogP contribution in [-0.4, -0.2) is 48.4 Å². The van der Waals surface area contributed by atoms with Crippen LogP contribution in [0.3, 0.4) is 0 Å². The minimum absolute atomic E-state index is 0. The Labute approximate surface area is 294 Å². The molecule has 0 spiro atoms. The number of hydrogen-bond donors (Lipinski definition) is 1. The fourth-order valence-corrected chi connectivity index (χ4v) is 4.98. The number of carboxylic acid groups (broad SMARTS) is 1. The molecule has 6 aromatic rings. The first-order valence-electron chi connectivity index (χ1n) is 13.3. The first kappa shape index (κ1) is 37.6. The molecule has 0 aliphatic carbocycles. The summed E-state index contributed by atoms with van der Waals surface area (Å²) in [5.74, 6) is -0.987. The number of alkyl halides is 3. The molecule has 6 rings (SSSR count). The van der Waals surface area contributed by atoms with E-state index in [9.17, 15) is 18.0 Å². The smallest absolute Gasteiger partial charge is 0.753 e. The van der Waals surface area contributed by atoms with Crippen molar-refractivity contribution in [3.05, 3.63) is 119 Å². The molecule has 0 atom stereocenters. The van der Waals surface area contributed by atoms with Crippen molar-refractivity contribution in [2.24, 2.45) is 0 Å². The topological polar surface area (TPSA) is 147 Å². The van der Waals surface area contributed by atoms with Crippen molar-refractivity contribution in [3.63, 3.8) is 0 Å². The molecule has 0 saturated heterocycles. The van der Waals surface area contributed by atoms with Gasteiger partial charge in [-0.15, -0.1) is 11.3 Å². The number of aromatic nitrogens is 6. The molecule has 6 aromatic heterocycles. The van der Waals surface area contributed by atoms with E-state index in [1.54, 1.807) is 37.7 Å². The second-order valence-electron chi connectivity index (χ2n) is 9.20. The summed E-state index contributed by atoms with van der Waals surface area (Å²) >= 11 is 5.23. The quantitative estimate of drug-likeness (QED) is 0.0980.